The standard InChI is InChI=1S/C10H11NO4S/c1-15-10(12)7-4-8-2-5-9(6-3-8)16(11,13)14/h2-7H,1H3,(H2,11,13,14). The predicted octanol–water partition coefficient (Wildman–Crippen LogP) is 0.520. The van der Waals surface area contributed by atoms with Crippen molar-refractivity contribution in [1.29, 1.82) is 0 Å². The van der Waals surface area contributed by atoms with Gasteiger partial charge >= 0.3 is 5.97 Å². The second kappa shape index (κ2) is 4.91. The molecule has 0 radical (unpaired) electrons. The van der Waals surface area contributed by atoms with Gasteiger partial charge in [0.2, 0.25) is 10.0 Å². The van der Waals surface area contributed by atoms with Crippen molar-refractivity contribution in [3.8, 4) is 0 Å². The first-order chi connectivity index (χ1) is 7.43. The van der Waals surface area contributed by atoms with Crippen LogP contribution in [0, 0.1) is 0 Å². The zero-order valence-electron chi connectivity index (χ0n) is 8.58. The number of nitrogens with two attached hydrogens (primary N) is 1. The van der Waals surface area contributed by atoms with Crippen molar-refractivity contribution in [3.05, 3.63) is 35.9 Å². The van der Waals surface area contributed by atoms with E-state index in [2.05, 4.69) is 4.74 Å². The minimum absolute atomic E-state index is 0.0303. The van der Waals surface area contributed by atoms with Crippen LogP contribution in [0.25, 0.3) is 6.08 Å². The third-order valence-corrected chi connectivity index (χ3v) is 2.75. The molecule has 0 aliphatic carbocycles. The van der Waals surface area contributed by atoms with Gasteiger partial charge in [-0.05, 0) is 23.8 Å². The maximum atomic E-state index is 10.9. The van der Waals surface area contributed by atoms with E-state index in [1.807, 2.05) is 0 Å². The topological polar surface area (TPSA) is 86.5 Å². The lowest BCUT2D eigenvalue weighted by Crippen LogP contribution is -2.11. The van der Waals surface area contributed by atoms with Gasteiger partial charge in [0, 0.05) is 6.08 Å². The lowest BCUT2D eigenvalue weighted by atomic mass is 10.2. The van der Waals surface area contributed by atoms with Gasteiger partial charge in [-0.1, -0.05) is 12.1 Å². The van der Waals surface area contributed by atoms with Crippen LogP contribution in [0.5, 0.6) is 0 Å². The van der Waals surface area contributed by atoms with E-state index in [4.69, 9.17) is 5.14 Å². The number of primary sulfonamides is 1. The summed E-state index contributed by atoms with van der Waals surface area (Å²) >= 11 is 0. The van der Waals surface area contributed by atoms with Gasteiger partial charge in [-0.3, -0.25) is 0 Å². The minimum atomic E-state index is -3.67. The Hall–Kier alpha value is -1.66. The monoisotopic (exact) mass is 241 g/mol. The largest absolute Gasteiger partial charge is 0.466 e. The Morgan fingerprint density at radius 1 is 1.31 bits per heavy atom. The first-order valence-electron chi connectivity index (χ1n) is 4.32. The summed E-state index contributed by atoms with van der Waals surface area (Å²) in [5, 5.41) is 4.93. The van der Waals surface area contributed by atoms with E-state index >= 15 is 0 Å². The molecule has 16 heavy (non-hydrogen) atoms. The SMILES string of the molecule is COC(=O)C=Cc1ccc(S(N)(=O)=O)cc1. The molecule has 0 fully saturated rings. The second-order valence-electron chi connectivity index (χ2n) is 2.97. The van der Waals surface area contributed by atoms with E-state index in [0.717, 1.165) is 0 Å². The third kappa shape index (κ3) is 3.48. The number of rotatable bonds is 3. The molecule has 0 aliphatic heterocycles. The fourth-order valence-corrected chi connectivity index (χ4v) is 1.52. The van der Waals surface area contributed by atoms with E-state index in [1.54, 1.807) is 12.1 Å². The van der Waals surface area contributed by atoms with E-state index < -0.39 is 16.0 Å². The molecule has 1 aromatic carbocycles. The van der Waals surface area contributed by atoms with Crippen LogP contribution in [0.2, 0.25) is 0 Å². The molecule has 1 aromatic rings. The molecule has 5 nitrogen and oxygen atoms in total. The molecular formula is C10H11NO4S. The van der Waals surface area contributed by atoms with Gasteiger partial charge in [-0.15, -0.1) is 0 Å². The Bertz CT molecular complexity index is 502. The third-order valence-electron chi connectivity index (χ3n) is 1.82. The molecule has 0 aliphatic rings. The van der Waals surface area contributed by atoms with E-state index in [1.165, 1.54) is 31.4 Å². The molecule has 0 unspecified atom stereocenters. The van der Waals surface area contributed by atoms with Crippen molar-refractivity contribution in [3.63, 3.8) is 0 Å². The van der Waals surface area contributed by atoms with Crippen LogP contribution in [0.15, 0.2) is 35.2 Å². The van der Waals surface area contributed by atoms with Crippen molar-refractivity contribution >= 4 is 22.1 Å². The Morgan fingerprint density at radius 3 is 2.31 bits per heavy atom. The van der Waals surface area contributed by atoms with Crippen LogP contribution in [0.3, 0.4) is 0 Å². The summed E-state index contributed by atoms with van der Waals surface area (Å²) in [6.45, 7) is 0. The van der Waals surface area contributed by atoms with E-state index in [0.29, 0.717) is 5.56 Å². The number of benzene rings is 1. The Labute approximate surface area is 93.6 Å². The summed E-state index contributed by atoms with van der Waals surface area (Å²) in [4.78, 5) is 10.8. The van der Waals surface area contributed by atoms with Gasteiger partial charge in [-0.25, -0.2) is 18.4 Å². The van der Waals surface area contributed by atoms with Crippen LogP contribution in [-0.2, 0) is 19.6 Å². The summed E-state index contributed by atoms with van der Waals surface area (Å²) in [7, 11) is -2.40. The van der Waals surface area contributed by atoms with Crippen LogP contribution < -0.4 is 5.14 Å². The van der Waals surface area contributed by atoms with Crippen LogP contribution in [-0.4, -0.2) is 21.5 Å². The maximum absolute atomic E-state index is 10.9. The van der Waals surface area contributed by atoms with Crippen LogP contribution in [0.4, 0.5) is 0 Å². The number of esters is 1. The first-order valence-corrected chi connectivity index (χ1v) is 5.87. The van der Waals surface area contributed by atoms with Crippen LogP contribution >= 0.6 is 0 Å². The molecule has 86 valence electrons. The summed E-state index contributed by atoms with van der Waals surface area (Å²) in [5.41, 5.74) is 0.679. The first kappa shape index (κ1) is 12.4. The average molecular weight is 241 g/mol. The fourth-order valence-electron chi connectivity index (χ4n) is 1.00. The number of ether oxygens (including phenoxy) is 1. The lowest BCUT2D eigenvalue weighted by Gasteiger charge is -1.98. The highest BCUT2D eigenvalue weighted by atomic mass is 32.2. The highest BCUT2D eigenvalue weighted by Gasteiger charge is 2.05. The quantitative estimate of drug-likeness (QED) is 0.617. The molecule has 6 heteroatoms. The smallest absolute Gasteiger partial charge is 0.330 e. The number of sulfonamides is 1. The molecule has 0 saturated carbocycles. The normalized spacial score (nSPS) is 11.6. The molecule has 0 amide bonds. The van der Waals surface area contributed by atoms with Gasteiger partial charge in [0.15, 0.2) is 0 Å². The number of hydrogen-bond acceptors (Lipinski definition) is 4. The number of carbonyl (C=O) groups is 1. The zero-order valence-corrected chi connectivity index (χ0v) is 9.40. The molecule has 0 spiro atoms. The molecule has 0 heterocycles. The molecule has 0 aromatic heterocycles. The van der Waals surface area contributed by atoms with Gasteiger partial charge in [0.25, 0.3) is 0 Å². The Kier molecular flexibility index (Phi) is 3.81. The number of methoxy groups -OCH3 is 1. The summed E-state index contributed by atoms with van der Waals surface area (Å²) in [6.07, 6.45) is 2.75. The fraction of sp³-hybridized carbons (Fsp3) is 0.100. The van der Waals surface area contributed by atoms with Crippen molar-refractivity contribution < 1.29 is 17.9 Å². The summed E-state index contributed by atoms with van der Waals surface area (Å²) < 4.78 is 26.3. The van der Waals surface area contributed by atoms with Crippen molar-refractivity contribution in [1.82, 2.24) is 0 Å². The predicted molar refractivity (Wildman–Crippen MR) is 58.9 cm³/mol. The van der Waals surface area contributed by atoms with Gasteiger partial charge in [0.1, 0.15) is 0 Å². The van der Waals surface area contributed by atoms with Crippen molar-refractivity contribution in [2.24, 2.45) is 5.14 Å². The molecule has 1 rings (SSSR count). The minimum Gasteiger partial charge on any atom is -0.466 e. The summed E-state index contributed by atoms with van der Waals surface area (Å²) in [6, 6.07) is 5.82. The lowest BCUT2D eigenvalue weighted by molar-refractivity contribution is -0.134. The number of hydrogen-bond donors (Lipinski definition) is 1. The van der Waals surface area contributed by atoms with E-state index in [9.17, 15) is 13.2 Å². The van der Waals surface area contributed by atoms with E-state index in [-0.39, 0.29) is 4.90 Å². The Balaban J connectivity index is 2.88. The highest BCUT2D eigenvalue weighted by Crippen LogP contribution is 2.09. The highest BCUT2D eigenvalue weighted by molar-refractivity contribution is 7.89. The maximum Gasteiger partial charge on any atom is 0.330 e. The molecule has 0 bridgehead atoms. The van der Waals surface area contributed by atoms with Gasteiger partial charge < -0.3 is 4.74 Å². The number of carbonyl (C=O) groups excluding carboxylic acids is 1. The zero-order chi connectivity index (χ0) is 12.2. The van der Waals surface area contributed by atoms with Crippen molar-refractivity contribution in [2.75, 3.05) is 7.11 Å². The van der Waals surface area contributed by atoms with Crippen LogP contribution in [0.1, 0.15) is 5.56 Å². The van der Waals surface area contributed by atoms with Gasteiger partial charge in [0.05, 0.1) is 12.0 Å². The average Bonchev–Trinajstić information content (AvgIpc) is 2.25. The van der Waals surface area contributed by atoms with Gasteiger partial charge in [-0.2, -0.15) is 0 Å². The molecule has 2 N–H and O–H groups in total. The second-order valence-corrected chi connectivity index (χ2v) is 4.53. The van der Waals surface area contributed by atoms with Crippen molar-refractivity contribution in [2.45, 2.75) is 4.90 Å². The Morgan fingerprint density at radius 2 is 1.88 bits per heavy atom. The molecule has 0 atom stereocenters. The molecular weight excluding hydrogens is 230 g/mol. The molecule has 0 saturated heterocycles. The summed E-state index contributed by atoms with van der Waals surface area (Å²) in [5.74, 6) is -0.476.